The number of hydrogen-bond acceptors (Lipinski definition) is 3. The van der Waals surface area contributed by atoms with Crippen molar-refractivity contribution in [2.75, 3.05) is 30.3 Å². The lowest BCUT2D eigenvalue weighted by Crippen LogP contribution is -2.27. The second-order valence-corrected chi connectivity index (χ2v) is 6.43. The van der Waals surface area contributed by atoms with Crippen molar-refractivity contribution in [2.24, 2.45) is 0 Å². The molecule has 1 heterocycles. The minimum atomic E-state index is -0.168. The van der Waals surface area contributed by atoms with Gasteiger partial charge in [0.1, 0.15) is 0 Å². The van der Waals surface area contributed by atoms with Crippen LogP contribution in [0.3, 0.4) is 0 Å². The van der Waals surface area contributed by atoms with Crippen molar-refractivity contribution in [1.29, 1.82) is 0 Å². The van der Waals surface area contributed by atoms with E-state index in [9.17, 15) is 9.59 Å². The Morgan fingerprint density at radius 1 is 1.00 bits per heavy atom. The number of carbonyl (C=O) groups excluding carboxylic acids is 2. The highest BCUT2D eigenvalue weighted by Crippen LogP contribution is 2.16. The first-order valence-corrected chi connectivity index (χ1v) is 8.68. The van der Waals surface area contributed by atoms with E-state index in [4.69, 9.17) is 11.6 Å². The Kier molecular flexibility index (Phi) is 5.56. The van der Waals surface area contributed by atoms with Gasteiger partial charge in [-0.3, -0.25) is 9.59 Å². The molecule has 1 aliphatic rings. The molecule has 2 aromatic rings. The standard InChI is InChI=1S/C19H20ClN3O2/c20-15-4-3-5-17(12-15)21-13-18(24)22-16-8-6-14(7-9-16)19(25)23-10-1-2-11-23/h3-9,12,21H,1-2,10-11,13H2,(H,22,24). The number of hydrogen-bond donors (Lipinski definition) is 2. The molecule has 130 valence electrons. The van der Waals surface area contributed by atoms with Crippen LogP contribution in [0.5, 0.6) is 0 Å². The number of benzene rings is 2. The molecule has 0 saturated carbocycles. The molecule has 0 aromatic heterocycles. The zero-order valence-corrected chi connectivity index (χ0v) is 14.6. The third-order valence-electron chi connectivity index (χ3n) is 4.09. The van der Waals surface area contributed by atoms with Gasteiger partial charge in [0.25, 0.3) is 5.91 Å². The SMILES string of the molecule is O=C(CNc1cccc(Cl)c1)Nc1ccc(C(=O)N2CCCC2)cc1. The topological polar surface area (TPSA) is 61.4 Å². The maximum Gasteiger partial charge on any atom is 0.253 e. The van der Waals surface area contributed by atoms with E-state index in [1.165, 1.54) is 0 Å². The third kappa shape index (κ3) is 4.73. The van der Waals surface area contributed by atoms with Gasteiger partial charge in [0.15, 0.2) is 0 Å². The van der Waals surface area contributed by atoms with Gasteiger partial charge in [0, 0.05) is 35.1 Å². The summed E-state index contributed by atoms with van der Waals surface area (Å²) >= 11 is 5.91. The maximum absolute atomic E-state index is 12.3. The van der Waals surface area contributed by atoms with Crippen molar-refractivity contribution in [3.8, 4) is 0 Å². The summed E-state index contributed by atoms with van der Waals surface area (Å²) in [6, 6.07) is 14.2. The number of anilines is 2. The van der Waals surface area contributed by atoms with Crippen LogP contribution in [0, 0.1) is 0 Å². The second kappa shape index (κ2) is 8.03. The normalized spacial score (nSPS) is 13.6. The largest absolute Gasteiger partial charge is 0.376 e. The van der Waals surface area contributed by atoms with Crippen LogP contribution in [0.4, 0.5) is 11.4 Å². The summed E-state index contributed by atoms with van der Waals surface area (Å²) in [5.41, 5.74) is 2.10. The highest BCUT2D eigenvalue weighted by atomic mass is 35.5. The van der Waals surface area contributed by atoms with Crippen LogP contribution in [0.2, 0.25) is 5.02 Å². The Labute approximate surface area is 152 Å². The minimum absolute atomic E-state index is 0.0537. The van der Waals surface area contributed by atoms with Gasteiger partial charge in [-0.1, -0.05) is 17.7 Å². The van der Waals surface area contributed by atoms with Gasteiger partial charge in [-0.15, -0.1) is 0 Å². The Bertz CT molecular complexity index is 756. The van der Waals surface area contributed by atoms with Crippen molar-refractivity contribution in [2.45, 2.75) is 12.8 Å². The number of nitrogens with one attached hydrogen (secondary N) is 2. The molecular formula is C19H20ClN3O2. The summed E-state index contributed by atoms with van der Waals surface area (Å²) in [6.45, 7) is 1.79. The Hall–Kier alpha value is -2.53. The first kappa shape index (κ1) is 17.3. The van der Waals surface area contributed by atoms with E-state index < -0.39 is 0 Å². The molecule has 0 unspecified atom stereocenters. The van der Waals surface area contributed by atoms with E-state index in [0.717, 1.165) is 31.6 Å². The number of halogens is 1. The van der Waals surface area contributed by atoms with Gasteiger partial charge in [0.05, 0.1) is 6.54 Å². The maximum atomic E-state index is 12.3. The number of amides is 2. The van der Waals surface area contributed by atoms with Crippen LogP contribution in [-0.2, 0) is 4.79 Å². The van der Waals surface area contributed by atoms with E-state index >= 15 is 0 Å². The molecule has 0 radical (unpaired) electrons. The Morgan fingerprint density at radius 3 is 2.40 bits per heavy atom. The van der Waals surface area contributed by atoms with E-state index in [2.05, 4.69) is 10.6 Å². The monoisotopic (exact) mass is 357 g/mol. The molecule has 2 aromatic carbocycles. The van der Waals surface area contributed by atoms with E-state index in [0.29, 0.717) is 16.3 Å². The molecule has 1 fully saturated rings. The number of nitrogens with zero attached hydrogens (tertiary/aromatic N) is 1. The predicted octanol–water partition coefficient (Wildman–Crippen LogP) is 3.63. The number of likely N-dealkylation sites (tertiary alicyclic amines) is 1. The van der Waals surface area contributed by atoms with E-state index in [1.54, 1.807) is 36.4 Å². The van der Waals surface area contributed by atoms with Crippen molar-refractivity contribution in [3.63, 3.8) is 0 Å². The summed E-state index contributed by atoms with van der Waals surface area (Å²) in [5.74, 6) is -0.114. The first-order chi connectivity index (χ1) is 12.1. The van der Waals surface area contributed by atoms with Crippen molar-refractivity contribution in [3.05, 3.63) is 59.1 Å². The van der Waals surface area contributed by atoms with Gasteiger partial charge >= 0.3 is 0 Å². The van der Waals surface area contributed by atoms with E-state index in [1.807, 2.05) is 17.0 Å². The van der Waals surface area contributed by atoms with Crippen LogP contribution < -0.4 is 10.6 Å². The molecule has 0 bridgehead atoms. The molecular weight excluding hydrogens is 338 g/mol. The molecule has 1 saturated heterocycles. The average molecular weight is 358 g/mol. The lowest BCUT2D eigenvalue weighted by atomic mass is 10.2. The highest BCUT2D eigenvalue weighted by molar-refractivity contribution is 6.30. The Morgan fingerprint density at radius 2 is 1.72 bits per heavy atom. The fourth-order valence-electron chi connectivity index (χ4n) is 2.78. The first-order valence-electron chi connectivity index (χ1n) is 8.30. The summed E-state index contributed by atoms with van der Waals surface area (Å²) < 4.78 is 0. The summed E-state index contributed by atoms with van der Waals surface area (Å²) in [5, 5.41) is 6.43. The molecule has 0 aliphatic carbocycles. The van der Waals surface area contributed by atoms with Crippen LogP contribution in [0.25, 0.3) is 0 Å². The van der Waals surface area contributed by atoms with Gasteiger partial charge < -0.3 is 15.5 Å². The molecule has 0 spiro atoms. The summed E-state index contributed by atoms with van der Waals surface area (Å²) in [6.07, 6.45) is 2.14. The molecule has 0 atom stereocenters. The van der Waals surface area contributed by atoms with Gasteiger partial charge in [-0.25, -0.2) is 0 Å². The van der Waals surface area contributed by atoms with Crippen molar-refractivity contribution < 1.29 is 9.59 Å². The molecule has 2 amide bonds. The number of carbonyl (C=O) groups is 2. The molecule has 2 N–H and O–H groups in total. The zero-order valence-electron chi connectivity index (χ0n) is 13.8. The molecule has 3 rings (SSSR count). The highest BCUT2D eigenvalue weighted by Gasteiger charge is 2.19. The zero-order chi connectivity index (χ0) is 17.6. The van der Waals surface area contributed by atoms with E-state index in [-0.39, 0.29) is 18.4 Å². The fraction of sp³-hybridized carbons (Fsp3) is 0.263. The predicted molar refractivity (Wildman–Crippen MR) is 100 cm³/mol. The molecule has 6 heteroatoms. The molecule has 1 aliphatic heterocycles. The van der Waals surface area contributed by atoms with Crippen molar-refractivity contribution in [1.82, 2.24) is 4.90 Å². The van der Waals surface area contributed by atoms with Crippen LogP contribution >= 0.6 is 11.6 Å². The second-order valence-electron chi connectivity index (χ2n) is 5.99. The lowest BCUT2D eigenvalue weighted by molar-refractivity contribution is -0.114. The Balaban J connectivity index is 1.52. The fourth-order valence-corrected chi connectivity index (χ4v) is 2.98. The quantitative estimate of drug-likeness (QED) is 0.859. The van der Waals surface area contributed by atoms with Gasteiger partial charge in [-0.2, -0.15) is 0 Å². The lowest BCUT2D eigenvalue weighted by Gasteiger charge is -2.15. The van der Waals surface area contributed by atoms with Crippen molar-refractivity contribution >= 4 is 34.8 Å². The summed E-state index contributed by atoms with van der Waals surface area (Å²) in [4.78, 5) is 26.2. The van der Waals surface area contributed by atoms with Crippen LogP contribution in [-0.4, -0.2) is 36.3 Å². The summed E-state index contributed by atoms with van der Waals surface area (Å²) in [7, 11) is 0. The molecule has 5 nitrogen and oxygen atoms in total. The smallest absolute Gasteiger partial charge is 0.253 e. The third-order valence-corrected chi connectivity index (χ3v) is 4.32. The minimum Gasteiger partial charge on any atom is -0.376 e. The van der Waals surface area contributed by atoms with Crippen LogP contribution in [0.15, 0.2) is 48.5 Å². The average Bonchev–Trinajstić information content (AvgIpc) is 3.15. The molecule has 25 heavy (non-hydrogen) atoms. The van der Waals surface area contributed by atoms with Gasteiger partial charge in [-0.05, 0) is 55.3 Å². The van der Waals surface area contributed by atoms with Crippen LogP contribution in [0.1, 0.15) is 23.2 Å². The van der Waals surface area contributed by atoms with Gasteiger partial charge in [0.2, 0.25) is 5.91 Å². The number of rotatable bonds is 5.